The van der Waals surface area contributed by atoms with E-state index in [1.807, 2.05) is 44.2 Å². The van der Waals surface area contributed by atoms with Crippen molar-refractivity contribution in [1.82, 2.24) is 4.31 Å². The molecule has 2 atom stereocenters. The van der Waals surface area contributed by atoms with Crippen LogP contribution >= 0.6 is 0 Å². The minimum absolute atomic E-state index is 0.00584. The highest BCUT2D eigenvalue weighted by atomic mass is 32.2. The van der Waals surface area contributed by atoms with Crippen molar-refractivity contribution in [2.75, 3.05) is 18.8 Å². The minimum Gasteiger partial charge on any atom is -0.399 e. The van der Waals surface area contributed by atoms with Crippen LogP contribution in [0.4, 0.5) is 5.69 Å². The van der Waals surface area contributed by atoms with Crippen molar-refractivity contribution in [2.45, 2.75) is 37.3 Å². The second-order valence-corrected chi connectivity index (χ2v) is 9.24. The Balaban J connectivity index is 2.16. The molecule has 2 aromatic rings. The third-order valence-electron chi connectivity index (χ3n) is 4.36. The molecule has 0 aliphatic heterocycles. The number of benzene rings is 2. The third kappa shape index (κ3) is 6.04. The lowest BCUT2D eigenvalue weighted by Crippen LogP contribution is -2.69. The van der Waals surface area contributed by atoms with E-state index in [1.165, 1.54) is 16.4 Å². The summed E-state index contributed by atoms with van der Waals surface area (Å²) >= 11 is 0. The molecule has 6 N–H and O–H groups in total. The maximum absolute atomic E-state index is 13.0. The number of aliphatic hydroxyl groups excluding tert-OH is 1. The Bertz CT molecular complexity index is 808. The van der Waals surface area contributed by atoms with Gasteiger partial charge in [0.1, 0.15) is 12.1 Å². The Morgan fingerprint density at radius 2 is 1.63 bits per heavy atom. The second kappa shape index (κ2) is 9.32. The molecule has 0 aromatic heterocycles. The van der Waals surface area contributed by atoms with Crippen LogP contribution in [0.2, 0.25) is 0 Å². The van der Waals surface area contributed by atoms with Crippen LogP contribution in [-0.2, 0) is 16.4 Å². The predicted molar refractivity (Wildman–Crippen MR) is 107 cm³/mol. The summed E-state index contributed by atoms with van der Waals surface area (Å²) in [5.74, 6) is 0.123. The van der Waals surface area contributed by atoms with E-state index in [0.717, 1.165) is 5.56 Å². The first-order chi connectivity index (χ1) is 12.7. The molecule has 2 rings (SSSR count). The summed E-state index contributed by atoms with van der Waals surface area (Å²) in [5.41, 5.74) is 11.3. The number of sulfonamides is 1. The summed E-state index contributed by atoms with van der Waals surface area (Å²) in [5, 5.41) is 10.6. The summed E-state index contributed by atoms with van der Waals surface area (Å²) in [6.45, 7) is 4.22. The average molecular weight is 393 g/mol. The van der Waals surface area contributed by atoms with Crippen molar-refractivity contribution in [3.8, 4) is 0 Å². The van der Waals surface area contributed by atoms with Gasteiger partial charge in [0.05, 0.1) is 4.90 Å². The number of nitrogen functional groups attached to an aromatic ring is 1. The van der Waals surface area contributed by atoms with Gasteiger partial charge in [0.2, 0.25) is 10.0 Å². The van der Waals surface area contributed by atoms with Gasteiger partial charge in [0.25, 0.3) is 0 Å². The van der Waals surface area contributed by atoms with Gasteiger partial charge in [-0.3, -0.25) is 0 Å². The Kier molecular flexibility index (Phi) is 7.38. The number of nitrogens with two attached hydrogens (primary N) is 1. The molecule has 2 aromatic carbocycles. The molecular weight excluding hydrogens is 362 g/mol. The third-order valence-corrected chi connectivity index (χ3v) is 6.21. The highest BCUT2D eigenvalue weighted by Gasteiger charge is 2.30. The molecule has 0 saturated carbocycles. The van der Waals surface area contributed by atoms with Crippen LogP contribution in [0.15, 0.2) is 59.5 Å². The Morgan fingerprint density at radius 3 is 2.19 bits per heavy atom. The van der Waals surface area contributed by atoms with Crippen LogP contribution in [0.5, 0.6) is 0 Å². The predicted octanol–water partition coefficient (Wildman–Crippen LogP) is 1.13. The van der Waals surface area contributed by atoms with E-state index in [-0.39, 0.29) is 23.4 Å². The topological polar surface area (TPSA) is 111 Å². The molecule has 0 heterocycles. The SMILES string of the molecule is CC(C)CN(C[C@@H](O)[C@@H]([NH3+])Cc1ccccc1)S(=O)(=O)c1ccc(N)cc1. The quantitative estimate of drug-likeness (QED) is 0.555. The average Bonchev–Trinajstić information content (AvgIpc) is 2.62. The summed E-state index contributed by atoms with van der Waals surface area (Å²) < 4.78 is 27.4. The standard InChI is InChI=1S/C20H29N3O3S/c1-15(2)13-23(27(25,26)18-10-8-17(21)9-11-18)14-20(24)19(22)12-16-6-4-3-5-7-16/h3-11,15,19-20,24H,12-14,21-22H2,1-2H3/p+1/t19-,20+/m0/s1. The molecule has 148 valence electrons. The minimum atomic E-state index is -3.72. The lowest BCUT2D eigenvalue weighted by Gasteiger charge is -2.27. The molecule has 0 amide bonds. The van der Waals surface area contributed by atoms with Gasteiger partial charge < -0.3 is 16.6 Å². The van der Waals surface area contributed by atoms with Gasteiger partial charge in [-0.25, -0.2) is 8.42 Å². The van der Waals surface area contributed by atoms with E-state index in [4.69, 9.17) is 5.73 Å². The van der Waals surface area contributed by atoms with Crippen LogP contribution in [0.1, 0.15) is 19.4 Å². The first-order valence-corrected chi connectivity index (χ1v) is 10.5. The number of hydrogen-bond acceptors (Lipinski definition) is 4. The molecule has 0 unspecified atom stereocenters. The van der Waals surface area contributed by atoms with Crippen LogP contribution in [0.25, 0.3) is 0 Å². The number of rotatable bonds is 9. The van der Waals surface area contributed by atoms with Crippen molar-refractivity contribution in [2.24, 2.45) is 5.92 Å². The summed E-state index contributed by atoms with van der Waals surface area (Å²) in [6, 6.07) is 15.6. The molecule has 0 saturated heterocycles. The molecule has 0 aliphatic carbocycles. The fourth-order valence-corrected chi connectivity index (χ4v) is 4.50. The second-order valence-electron chi connectivity index (χ2n) is 7.30. The fourth-order valence-electron chi connectivity index (χ4n) is 2.88. The fraction of sp³-hybridized carbons (Fsp3) is 0.400. The van der Waals surface area contributed by atoms with Gasteiger partial charge >= 0.3 is 0 Å². The smallest absolute Gasteiger partial charge is 0.243 e. The zero-order chi connectivity index (χ0) is 20.0. The van der Waals surface area contributed by atoms with E-state index in [0.29, 0.717) is 18.7 Å². The van der Waals surface area contributed by atoms with Gasteiger partial charge in [0.15, 0.2) is 0 Å². The van der Waals surface area contributed by atoms with Crippen LogP contribution in [0, 0.1) is 5.92 Å². The molecule has 0 bridgehead atoms. The zero-order valence-electron chi connectivity index (χ0n) is 16.0. The van der Waals surface area contributed by atoms with Gasteiger partial charge in [-0.2, -0.15) is 4.31 Å². The number of aliphatic hydroxyl groups is 1. The first-order valence-electron chi connectivity index (χ1n) is 9.11. The maximum Gasteiger partial charge on any atom is 0.243 e. The molecule has 27 heavy (non-hydrogen) atoms. The van der Waals surface area contributed by atoms with Gasteiger partial charge in [-0.15, -0.1) is 0 Å². The molecule has 0 radical (unpaired) electrons. The van der Waals surface area contributed by atoms with Gasteiger partial charge in [-0.05, 0) is 35.7 Å². The van der Waals surface area contributed by atoms with E-state index in [2.05, 4.69) is 5.73 Å². The molecule has 0 spiro atoms. The van der Waals surface area contributed by atoms with Crippen LogP contribution in [0.3, 0.4) is 0 Å². The summed E-state index contributed by atoms with van der Waals surface area (Å²) in [4.78, 5) is 0.174. The highest BCUT2D eigenvalue weighted by Crippen LogP contribution is 2.19. The maximum atomic E-state index is 13.0. The van der Waals surface area contributed by atoms with E-state index >= 15 is 0 Å². The van der Waals surface area contributed by atoms with E-state index in [1.54, 1.807) is 12.1 Å². The van der Waals surface area contributed by atoms with Crippen molar-refractivity contribution in [1.29, 1.82) is 0 Å². The van der Waals surface area contributed by atoms with Crippen molar-refractivity contribution in [3.05, 3.63) is 60.2 Å². The van der Waals surface area contributed by atoms with E-state index in [9.17, 15) is 13.5 Å². The lowest BCUT2D eigenvalue weighted by atomic mass is 10.0. The Hall–Kier alpha value is -1.93. The van der Waals surface area contributed by atoms with Crippen LogP contribution in [-0.4, -0.2) is 43.1 Å². The number of nitrogens with zero attached hydrogens (tertiary/aromatic N) is 1. The Labute approximate surface area is 161 Å². The Morgan fingerprint density at radius 1 is 1.04 bits per heavy atom. The largest absolute Gasteiger partial charge is 0.399 e. The monoisotopic (exact) mass is 392 g/mol. The normalized spacial score (nSPS) is 14.4. The summed E-state index contributed by atoms with van der Waals surface area (Å²) in [7, 11) is -3.72. The first kappa shape index (κ1) is 21.4. The summed E-state index contributed by atoms with van der Waals surface area (Å²) in [6.07, 6.45) is -0.285. The zero-order valence-corrected chi connectivity index (χ0v) is 16.8. The van der Waals surface area contributed by atoms with Crippen LogP contribution < -0.4 is 11.5 Å². The van der Waals surface area contributed by atoms with E-state index < -0.39 is 16.1 Å². The molecule has 7 heteroatoms. The lowest BCUT2D eigenvalue weighted by molar-refractivity contribution is -0.437. The van der Waals surface area contributed by atoms with Crippen molar-refractivity contribution < 1.29 is 19.3 Å². The highest BCUT2D eigenvalue weighted by molar-refractivity contribution is 7.89. The molecule has 0 aliphatic rings. The number of hydrogen-bond donors (Lipinski definition) is 3. The molecule has 6 nitrogen and oxygen atoms in total. The molecular formula is C20H30N3O3S+. The number of quaternary nitrogens is 1. The van der Waals surface area contributed by atoms with Crippen molar-refractivity contribution in [3.63, 3.8) is 0 Å². The van der Waals surface area contributed by atoms with Gasteiger partial charge in [0, 0.05) is 25.2 Å². The number of anilines is 1. The van der Waals surface area contributed by atoms with Crippen molar-refractivity contribution >= 4 is 15.7 Å². The van der Waals surface area contributed by atoms with Gasteiger partial charge in [-0.1, -0.05) is 44.2 Å². The molecule has 0 fully saturated rings.